The smallest absolute Gasteiger partial charge is 0.254 e. The van der Waals surface area contributed by atoms with E-state index < -0.39 is 5.91 Å². The maximum absolute atomic E-state index is 9.80. The number of rotatable bonds is 15. The normalized spacial score (nSPS) is 12.3. The van der Waals surface area contributed by atoms with Crippen molar-refractivity contribution in [1.29, 1.82) is 0 Å². The first-order valence-electron chi connectivity index (χ1n) is 7.55. The molecule has 0 amide bonds. The molecule has 0 aromatic heterocycles. The molecule has 0 aromatic carbocycles. The zero-order valence-electron chi connectivity index (χ0n) is 12.9. The summed E-state index contributed by atoms with van der Waals surface area (Å²) >= 11 is 0. The van der Waals surface area contributed by atoms with Gasteiger partial charge >= 0.3 is 0 Å². The van der Waals surface area contributed by atoms with Crippen LogP contribution in [0.4, 0.5) is 0 Å². The molecule has 8 nitrogen and oxygen atoms in total. The monoisotopic (exact) mass is 308 g/mol. The standard InChI is InChI=1S/C13H32N4O4/c14-4-1-7-17(8-9-18)13(12-19,20-10-2-5-15)21-11-3-6-16/h18-19H,1-12,14-16H2. The summed E-state index contributed by atoms with van der Waals surface area (Å²) in [6, 6.07) is 0. The summed E-state index contributed by atoms with van der Waals surface area (Å²) in [5, 5.41) is 19.0. The Labute approximate surface area is 127 Å². The van der Waals surface area contributed by atoms with Crippen LogP contribution < -0.4 is 17.2 Å². The van der Waals surface area contributed by atoms with E-state index in [-0.39, 0.29) is 13.2 Å². The first kappa shape index (κ1) is 20.7. The number of aliphatic hydroxyl groups excluding tert-OH is 2. The Balaban J connectivity index is 4.86. The Hall–Kier alpha value is -0.320. The minimum atomic E-state index is -1.28. The Kier molecular flexibility index (Phi) is 13.1. The van der Waals surface area contributed by atoms with Crippen LogP contribution >= 0.6 is 0 Å². The third-order valence-electron chi connectivity index (χ3n) is 3.04. The van der Waals surface area contributed by atoms with Crippen molar-refractivity contribution >= 4 is 0 Å². The summed E-state index contributed by atoms with van der Waals surface area (Å²) in [6.07, 6.45) is 2.03. The second kappa shape index (κ2) is 13.4. The van der Waals surface area contributed by atoms with Crippen LogP contribution in [0.3, 0.4) is 0 Å². The molecule has 21 heavy (non-hydrogen) atoms. The van der Waals surface area contributed by atoms with Crippen LogP contribution in [-0.4, -0.2) is 80.2 Å². The van der Waals surface area contributed by atoms with Gasteiger partial charge in [-0.15, -0.1) is 0 Å². The van der Waals surface area contributed by atoms with Crippen molar-refractivity contribution in [2.75, 3.05) is 59.2 Å². The lowest BCUT2D eigenvalue weighted by Gasteiger charge is -2.41. The summed E-state index contributed by atoms with van der Waals surface area (Å²) in [5.41, 5.74) is 16.5. The fourth-order valence-corrected chi connectivity index (χ4v) is 1.90. The van der Waals surface area contributed by atoms with Gasteiger partial charge in [0.05, 0.1) is 19.8 Å². The van der Waals surface area contributed by atoms with Gasteiger partial charge in [-0.2, -0.15) is 0 Å². The van der Waals surface area contributed by atoms with E-state index in [0.29, 0.717) is 65.2 Å². The highest BCUT2D eigenvalue weighted by atomic mass is 16.7. The third-order valence-corrected chi connectivity index (χ3v) is 3.04. The number of hydrogen-bond acceptors (Lipinski definition) is 8. The Morgan fingerprint density at radius 3 is 1.71 bits per heavy atom. The highest BCUT2D eigenvalue weighted by Crippen LogP contribution is 2.20. The lowest BCUT2D eigenvalue weighted by Crippen LogP contribution is -2.57. The Morgan fingerprint density at radius 1 is 0.810 bits per heavy atom. The lowest BCUT2D eigenvalue weighted by atomic mass is 10.3. The van der Waals surface area contributed by atoms with E-state index in [2.05, 4.69) is 0 Å². The van der Waals surface area contributed by atoms with Crippen molar-refractivity contribution in [3.05, 3.63) is 0 Å². The molecular weight excluding hydrogens is 276 g/mol. The van der Waals surface area contributed by atoms with Crippen LogP contribution in [-0.2, 0) is 9.47 Å². The molecule has 0 fully saturated rings. The maximum atomic E-state index is 9.80. The van der Waals surface area contributed by atoms with E-state index in [4.69, 9.17) is 26.7 Å². The first-order valence-corrected chi connectivity index (χ1v) is 7.55. The van der Waals surface area contributed by atoms with Crippen molar-refractivity contribution in [3.63, 3.8) is 0 Å². The fraction of sp³-hybridized carbons (Fsp3) is 1.00. The number of ether oxygens (including phenoxy) is 2. The summed E-state index contributed by atoms with van der Waals surface area (Å²) in [6.45, 7) is 2.71. The predicted molar refractivity (Wildman–Crippen MR) is 81.4 cm³/mol. The molecular formula is C13H32N4O4. The summed E-state index contributed by atoms with van der Waals surface area (Å²) in [7, 11) is 0. The minimum absolute atomic E-state index is 0.0627. The van der Waals surface area contributed by atoms with Crippen molar-refractivity contribution in [2.24, 2.45) is 17.2 Å². The van der Waals surface area contributed by atoms with Crippen LogP contribution in [0, 0.1) is 0 Å². The molecule has 0 unspecified atom stereocenters. The molecule has 128 valence electrons. The second-order valence-corrected chi connectivity index (χ2v) is 4.71. The molecule has 0 saturated carbocycles. The average molecular weight is 308 g/mol. The van der Waals surface area contributed by atoms with Crippen LogP contribution in [0.15, 0.2) is 0 Å². The highest BCUT2D eigenvalue weighted by molar-refractivity contribution is 4.73. The largest absolute Gasteiger partial charge is 0.395 e. The number of hydrogen-bond donors (Lipinski definition) is 5. The Bertz CT molecular complexity index is 224. The van der Waals surface area contributed by atoms with Crippen molar-refractivity contribution < 1.29 is 19.7 Å². The first-order chi connectivity index (χ1) is 10.2. The number of nitrogens with zero attached hydrogens (tertiary/aromatic N) is 1. The molecule has 0 radical (unpaired) electrons. The summed E-state index contributed by atoms with van der Waals surface area (Å²) in [4.78, 5) is 1.77. The minimum Gasteiger partial charge on any atom is -0.395 e. The molecule has 0 aliphatic rings. The SMILES string of the molecule is NCCCOC(CO)(OCCCN)N(CCO)CCCN. The van der Waals surface area contributed by atoms with Gasteiger partial charge in [-0.05, 0) is 38.9 Å². The topological polar surface area (TPSA) is 140 Å². The number of nitrogens with two attached hydrogens (primary N) is 3. The van der Waals surface area contributed by atoms with E-state index in [1.54, 1.807) is 4.90 Å². The van der Waals surface area contributed by atoms with Gasteiger partial charge in [0.2, 0.25) is 0 Å². The fourth-order valence-electron chi connectivity index (χ4n) is 1.90. The molecule has 0 atom stereocenters. The van der Waals surface area contributed by atoms with Gasteiger partial charge in [-0.25, -0.2) is 4.90 Å². The van der Waals surface area contributed by atoms with Crippen molar-refractivity contribution in [3.8, 4) is 0 Å². The zero-order chi connectivity index (χ0) is 16.0. The molecule has 0 spiro atoms. The average Bonchev–Trinajstić information content (AvgIpc) is 2.50. The quantitative estimate of drug-likeness (QED) is 0.173. The maximum Gasteiger partial charge on any atom is 0.254 e. The van der Waals surface area contributed by atoms with Gasteiger partial charge in [0.15, 0.2) is 0 Å². The van der Waals surface area contributed by atoms with E-state index >= 15 is 0 Å². The van der Waals surface area contributed by atoms with Crippen LogP contribution in [0.1, 0.15) is 19.3 Å². The molecule has 8 N–H and O–H groups in total. The molecule has 0 aliphatic carbocycles. The van der Waals surface area contributed by atoms with Gasteiger partial charge in [0.1, 0.15) is 6.61 Å². The van der Waals surface area contributed by atoms with Gasteiger partial charge < -0.3 is 36.9 Å². The molecule has 0 aromatic rings. The lowest BCUT2D eigenvalue weighted by molar-refractivity contribution is -0.333. The van der Waals surface area contributed by atoms with Gasteiger partial charge in [0.25, 0.3) is 5.91 Å². The van der Waals surface area contributed by atoms with E-state index in [1.807, 2.05) is 0 Å². The van der Waals surface area contributed by atoms with Gasteiger partial charge in [0, 0.05) is 13.1 Å². The van der Waals surface area contributed by atoms with Crippen LogP contribution in [0.5, 0.6) is 0 Å². The molecule has 8 heteroatoms. The molecule has 0 bridgehead atoms. The second-order valence-electron chi connectivity index (χ2n) is 4.71. The predicted octanol–water partition coefficient (Wildman–Crippen LogP) is -1.99. The third kappa shape index (κ3) is 8.03. The van der Waals surface area contributed by atoms with Crippen LogP contribution in [0.2, 0.25) is 0 Å². The van der Waals surface area contributed by atoms with Gasteiger partial charge in [-0.3, -0.25) is 0 Å². The summed E-state index contributed by atoms with van der Waals surface area (Å²) in [5.74, 6) is -1.28. The molecule has 0 saturated heterocycles. The zero-order valence-corrected chi connectivity index (χ0v) is 12.9. The van der Waals surface area contributed by atoms with E-state index in [9.17, 15) is 10.2 Å². The molecule has 0 rings (SSSR count). The van der Waals surface area contributed by atoms with Crippen LogP contribution in [0.25, 0.3) is 0 Å². The van der Waals surface area contributed by atoms with E-state index in [0.717, 1.165) is 0 Å². The van der Waals surface area contributed by atoms with Gasteiger partial charge in [-0.1, -0.05) is 0 Å². The molecule has 0 aliphatic heterocycles. The summed E-state index contributed by atoms with van der Waals surface area (Å²) < 4.78 is 11.5. The highest BCUT2D eigenvalue weighted by Gasteiger charge is 2.38. The van der Waals surface area contributed by atoms with Crippen molar-refractivity contribution in [2.45, 2.75) is 25.2 Å². The number of aliphatic hydroxyl groups is 2. The van der Waals surface area contributed by atoms with E-state index in [1.165, 1.54) is 0 Å². The Morgan fingerprint density at radius 2 is 1.33 bits per heavy atom. The molecule has 0 heterocycles. The van der Waals surface area contributed by atoms with Crippen molar-refractivity contribution in [1.82, 2.24) is 4.90 Å².